The lowest BCUT2D eigenvalue weighted by molar-refractivity contribution is -0.126. The molecule has 0 bridgehead atoms. The molecule has 98 valence electrons. The molecule has 17 heavy (non-hydrogen) atoms. The predicted octanol–water partition coefficient (Wildman–Crippen LogP) is 0.274. The van der Waals surface area contributed by atoms with E-state index < -0.39 is 11.9 Å². The fourth-order valence-electron chi connectivity index (χ4n) is 2.25. The highest BCUT2D eigenvalue weighted by atomic mass is 16.2. The molecule has 0 aliphatic heterocycles. The largest absolute Gasteiger partial charge is 0.370 e. The maximum Gasteiger partial charge on any atom is 0.237 e. The fourth-order valence-corrected chi connectivity index (χ4v) is 2.25. The van der Waals surface area contributed by atoms with Crippen LogP contribution in [-0.4, -0.2) is 23.9 Å². The molecule has 1 aliphatic rings. The van der Waals surface area contributed by atoms with Gasteiger partial charge in [0.05, 0.1) is 12.5 Å². The molecule has 1 fully saturated rings. The topological polar surface area (TPSA) is 98.2 Å². The van der Waals surface area contributed by atoms with Crippen LogP contribution < -0.4 is 16.8 Å². The van der Waals surface area contributed by atoms with Gasteiger partial charge in [0, 0.05) is 6.04 Å². The molecular weight excluding hydrogens is 218 g/mol. The number of hydrogen-bond donors (Lipinski definition) is 3. The van der Waals surface area contributed by atoms with Crippen molar-refractivity contribution in [2.75, 3.05) is 0 Å². The summed E-state index contributed by atoms with van der Waals surface area (Å²) >= 11 is 0. The Morgan fingerprint density at radius 3 is 2.65 bits per heavy atom. The van der Waals surface area contributed by atoms with Gasteiger partial charge in [-0.3, -0.25) is 9.59 Å². The molecule has 3 atom stereocenters. The average molecular weight is 241 g/mol. The fraction of sp³-hybridized carbons (Fsp3) is 0.833. The molecular formula is C12H23N3O2. The molecule has 3 unspecified atom stereocenters. The van der Waals surface area contributed by atoms with Crippen molar-refractivity contribution in [2.45, 2.75) is 57.5 Å². The van der Waals surface area contributed by atoms with Gasteiger partial charge in [-0.2, -0.15) is 0 Å². The van der Waals surface area contributed by atoms with Crippen molar-refractivity contribution in [1.29, 1.82) is 0 Å². The zero-order chi connectivity index (χ0) is 12.8. The Morgan fingerprint density at radius 2 is 2.00 bits per heavy atom. The van der Waals surface area contributed by atoms with Crippen molar-refractivity contribution in [2.24, 2.45) is 17.4 Å². The third-order valence-corrected chi connectivity index (χ3v) is 3.36. The molecule has 0 aromatic rings. The Kier molecular flexibility index (Phi) is 5.41. The van der Waals surface area contributed by atoms with Gasteiger partial charge in [0.1, 0.15) is 0 Å². The number of rotatable bonds is 4. The van der Waals surface area contributed by atoms with Gasteiger partial charge in [0.25, 0.3) is 0 Å². The van der Waals surface area contributed by atoms with Gasteiger partial charge < -0.3 is 16.8 Å². The first kappa shape index (κ1) is 14.0. The second-order valence-corrected chi connectivity index (χ2v) is 5.10. The molecule has 0 saturated heterocycles. The standard InChI is InChI=1S/C12H23N3O2/c1-8-3-2-4-9(6-5-8)15-12(17)10(13)7-11(14)16/h8-10H,2-7,13H2,1H3,(H2,14,16)(H,15,17). The minimum Gasteiger partial charge on any atom is -0.370 e. The Balaban J connectivity index is 2.37. The van der Waals surface area contributed by atoms with Crippen LogP contribution in [0.15, 0.2) is 0 Å². The average Bonchev–Trinajstić information content (AvgIpc) is 2.42. The third kappa shape index (κ3) is 5.17. The summed E-state index contributed by atoms with van der Waals surface area (Å²) < 4.78 is 0. The SMILES string of the molecule is CC1CCCC(NC(=O)C(N)CC(N)=O)CC1. The normalized spacial score (nSPS) is 26.9. The highest BCUT2D eigenvalue weighted by Crippen LogP contribution is 2.22. The summed E-state index contributed by atoms with van der Waals surface area (Å²) in [6.07, 6.45) is 5.40. The zero-order valence-electron chi connectivity index (χ0n) is 10.4. The summed E-state index contributed by atoms with van der Waals surface area (Å²) in [7, 11) is 0. The Bertz CT molecular complexity index is 281. The number of primary amides is 1. The molecule has 1 aliphatic carbocycles. The number of nitrogens with two attached hydrogens (primary N) is 2. The second-order valence-electron chi connectivity index (χ2n) is 5.10. The summed E-state index contributed by atoms with van der Waals surface area (Å²) in [4.78, 5) is 22.4. The van der Waals surface area contributed by atoms with E-state index in [1.54, 1.807) is 0 Å². The van der Waals surface area contributed by atoms with Gasteiger partial charge in [-0.25, -0.2) is 0 Å². The van der Waals surface area contributed by atoms with Crippen LogP contribution in [0.3, 0.4) is 0 Å². The zero-order valence-corrected chi connectivity index (χ0v) is 10.4. The van der Waals surface area contributed by atoms with Gasteiger partial charge in [0.15, 0.2) is 0 Å². The van der Waals surface area contributed by atoms with Crippen LogP contribution in [0.1, 0.15) is 45.4 Å². The quantitative estimate of drug-likeness (QED) is 0.616. The Hall–Kier alpha value is -1.10. The van der Waals surface area contributed by atoms with Crippen molar-refractivity contribution >= 4 is 11.8 Å². The van der Waals surface area contributed by atoms with E-state index in [4.69, 9.17) is 11.5 Å². The molecule has 1 saturated carbocycles. The third-order valence-electron chi connectivity index (χ3n) is 3.36. The van der Waals surface area contributed by atoms with Crippen molar-refractivity contribution < 1.29 is 9.59 Å². The molecule has 0 aromatic heterocycles. The van der Waals surface area contributed by atoms with Crippen molar-refractivity contribution in [3.8, 4) is 0 Å². The highest BCUT2D eigenvalue weighted by Gasteiger charge is 2.21. The van der Waals surface area contributed by atoms with Crippen LogP contribution in [0.2, 0.25) is 0 Å². The molecule has 0 heterocycles. The minimum absolute atomic E-state index is 0.0883. The molecule has 0 radical (unpaired) electrons. The van der Waals surface area contributed by atoms with E-state index in [0.29, 0.717) is 0 Å². The lowest BCUT2D eigenvalue weighted by Gasteiger charge is -2.18. The monoisotopic (exact) mass is 241 g/mol. The Morgan fingerprint density at radius 1 is 1.29 bits per heavy atom. The van der Waals surface area contributed by atoms with Crippen LogP contribution in [0.25, 0.3) is 0 Å². The van der Waals surface area contributed by atoms with Crippen LogP contribution >= 0.6 is 0 Å². The highest BCUT2D eigenvalue weighted by molar-refractivity contribution is 5.87. The van der Waals surface area contributed by atoms with E-state index in [9.17, 15) is 9.59 Å². The van der Waals surface area contributed by atoms with E-state index >= 15 is 0 Å². The molecule has 5 N–H and O–H groups in total. The van der Waals surface area contributed by atoms with Crippen LogP contribution in [0.4, 0.5) is 0 Å². The first-order chi connectivity index (χ1) is 7.99. The van der Waals surface area contributed by atoms with Gasteiger partial charge >= 0.3 is 0 Å². The van der Waals surface area contributed by atoms with Gasteiger partial charge in [0.2, 0.25) is 11.8 Å². The second kappa shape index (κ2) is 6.59. The lowest BCUT2D eigenvalue weighted by atomic mass is 10.0. The van der Waals surface area contributed by atoms with Crippen LogP contribution in [0.5, 0.6) is 0 Å². The summed E-state index contributed by atoms with van der Waals surface area (Å²) in [6.45, 7) is 2.24. The van der Waals surface area contributed by atoms with Crippen LogP contribution in [-0.2, 0) is 9.59 Å². The summed E-state index contributed by atoms with van der Waals surface area (Å²) in [5.41, 5.74) is 10.6. The number of carbonyl (C=O) groups is 2. The van der Waals surface area contributed by atoms with E-state index in [1.807, 2.05) is 0 Å². The molecule has 2 amide bonds. The number of hydrogen-bond acceptors (Lipinski definition) is 3. The molecule has 0 aromatic carbocycles. The first-order valence-electron chi connectivity index (χ1n) is 6.33. The molecule has 5 heteroatoms. The van der Waals surface area contributed by atoms with Crippen molar-refractivity contribution in [3.63, 3.8) is 0 Å². The first-order valence-corrected chi connectivity index (χ1v) is 6.33. The summed E-state index contributed by atoms with van der Waals surface area (Å²) in [6, 6.07) is -0.612. The van der Waals surface area contributed by atoms with Crippen molar-refractivity contribution in [3.05, 3.63) is 0 Å². The van der Waals surface area contributed by atoms with Gasteiger partial charge in [-0.05, 0) is 25.2 Å². The number of nitrogens with one attached hydrogen (secondary N) is 1. The summed E-state index contributed by atoms with van der Waals surface area (Å²) in [5.74, 6) is -0.0679. The maximum atomic E-state index is 11.7. The predicted molar refractivity (Wildman–Crippen MR) is 66.0 cm³/mol. The number of carbonyl (C=O) groups excluding carboxylic acids is 2. The van der Waals surface area contributed by atoms with Gasteiger partial charge in [-0.15, -0.1) is 0 Å². The maximum absolute atomic E-state index is 11.7. The van der Waals surface area contributed by atoms with E-state index in [-0.39, 0.29) is 18.4 Å². The summed E-state index contributed by atoms with van der Waals surface area (Å²) in [5, 5.41) is 2.91. The van der Waals surface area contributed by atoms with E-state index in [0.717, 1.165) is 31.6 Å². The molecule has 1 rings (SSSR count). The van der Waals surface area contributed by atoms with Gasteiger partial charge in [-0.1, -0.05) is 19.8 Å². The van der Waals surface area contributed by atoms with Crippen LogP contribution in [0, 0.1) is 5.92 Å². The van der Waals surface area contributed by atoms with E-state index in [2.05, 4.69) is 12.2 Å². The minimum atomic E-state index is -0.812. The van der Waals surface area contributed by atoms with E-state index in [1.165, 1.54) is 6.42 Å². The number of amides is 2. The van der Waals surface area contributed by atoms with Crippen molar-refractivity contribution in [1.82, 2.24) is 5.32 Å². The molecule has 5 nitrogen and oxygen atoms in total. The lowest BCUT2D eigenvalue weighted by Crippen LogP contribution is -2.46. The molecule has 0 spiro atoms. The Labute approximate surface area is 102 Å². The smallest absolute Gasteiger partial charge is 0.237 e.